The Morgan fingerprint density at radius 3 is 2.41 bits per heavy atom. The molecule has 0 radical (unpaired) electrons. The van der Waals surface area contributed by atoms with E-state index in [0.717, 1.165) is 22.0 Å². The van der Waals surface area contributed by atoms with Crippen LogP contribution in [0.2, 0.25) is 0 Å². The van der Waals surface area contributed by atoms with Crippen LogP contribution in [0.4, 0.5) is 0 Å². The molecule has 3 aromatic rings. The molecule has 1 aliphatic heterocycles. The lowest BCUT2D eigenvalue weighted by Gasteiger charge is -2.13. The molecule has 1 atom stereocenters. The highest BCUT2D eigenvalue weighted by Gasteiger charge is 2.34. The van der Waals surface area contributed by atoms with Gasteiger partial charge in [-0.05, 0) is 48.7 Å². The largest absolute Gasteiger partial charge is 0.369 e. The Morgan fingerprint density at radius 2 is 1.78 bits per heavy atom. The van der Waals surface area contributed by atoms with Crippen LogP contribution in [0.25, 0.3) is 10.9 Å². The summed E-state index contributed by atoms with van der Waals surface area (Å²) in [5.41, 5.74) is 9.09. The molecule has 6 nitrogen and oxygen atoms in total. The molecule has 1 aliphatic rings. The maximum Gasteiger partial charge on any atom is 0.261 e. The highest BCUT2D eigenvalue weighted by atomic mass is 16.2. The van der Waals surface area contributed by atoms with E-state index in [1.807, 2.05) is 24.4 Å². The van der Waals surface area contributed by atoms with Crippen LogP contribution in [-0.2, 0) is 11.2 Å². The van der Waals surface area contributed by atoms with Crippen molar-refractivity contribution in [3.8, 4) is 0 Å². The fourth-order valence-electron chi connectivity index (χ4n) is 3.51. The monoisotopic (exact) mass is 361 g/mol. The molecular formula is C21H19N3O3. The molecule has 4 rings (SSSR count). The summed E-state index contributed by atoms with van der Waals surface area (Å²) < 4.78 is 0. The molecule has 27 heavy (non-hydrogen) atoms. The smallest absolute Gasteiger partial charge is 0.261 e. The Labute approximate surface area is 156 Å². The molecule has 1 unspecified atom stereocenters. The average Bonchev–Trinajstić information content (AvgIpc) is 3.19. The minimum absolute atomic E-state index is 0.251. The van der Waals surface area contributed by atoms with Gasteiger partial charge in [0.05, 0.1) is 17.0 Å². The van der Waals surface area contributed by atoms with Crippen molar-refractivity contribution in [2.45, 2.75) is 19.3 Å². The van der Waals surface area contributed by atoms with E-state index in [2.05, 4.69) is 4.98 Å². The molecular weight excluding hydrogens is 342 g/mol. The van der Waals surface area contributed by atoms with Crippen LogP contribution in [0.3, 0.4) is 0 Å². The Bertz CT molecular complexity index is 1050. The fraction of sp³-hybridized carbons (Fsp3) is 0.190. The second kappa shape index (κ2) is 6.39. The standard InChI is InChI=1S/C21H19N3O3/c1-12(19(22)25)13-6-7-18-17(10-13)14(11-23-18)8-9-24-20(26)15-4-2-3-5-16(15)21(24)27/h2-7,10-12,23H,8-9H2,1H3,(H2,22,25). The van der Waals surface area contributed by atoms with Crippen molar-refractivity contribution in [2.75, 3.05) is 6.54 Å². The first-order valence-electron chi connectivity index (χ1n) is 8.82. The van der Waals surface area contributed by atoms with Crippen molar-refractivity contribution >= 4 is 28.6 Å². The van der Waals surface area contributed by atoms with Crippen LogP contribution >= 0.6 is 0 Å². The first-order chi connectivity index (χ1) is 13.0. The molecule has 0 saturated carbocycles. The number of rotatable bonds is 5. The Hall–Kier alpha value is -3.41. The summed E-state index contributed by atoms with van der Waals surface area (Å²) in [5.74, 6) is -1.26. The van der Waals surface area contributed by atoms with Gasteiger partial charge in [0.1, 0.15) is 0 Å². The lowest BCUT2D eigenvalue weighted by Crippen LogP contribution is -2.31. The van der Waals surface area contributed by atoms with Crippen LogP contribution in [-0.4, -0.2) is 34.2 Å². The summed E-state index contributed by atoms with van der Waals surface area (Å²) in [6.45, 7) is 2.07. The molecule has 2 heterocycles. The molecule has 6 heteroatoms. The average molecular weight is 361 g/mol. The second-order valence-corrected chi connectivity index (χ2v) is 6.80. The predicted octanol–water partition coefficient (Wildman–Crippen LogP) is 2.60. The topological polar surface area (TPSA) is 96.3 Å². The van der Waals surface area contributed by atoms with Gasteiger partial charge in [-0.3, -0.25) is 19.3 Å². The van der Waals surface area contributed by atoms with Crippen molar-refractivity contribution in [3.05, 3.63) is 70.9 Å². The lowest BCUT2D eigenvalue weighted by atomic mass is 9.98. The van der Waals surface area contributed by atoms with Gasteiger partial charge in [-0.1, -0.05) is 18.2 Å². The van der Waals surface area contributed by atoms with Crippen molar-refractivity contribution in [1.82, 2.24) is 9.88 Å². The Balaban J connectivity index is 1.58. The maximum absolute atomic E-state index is 12.5. The molecule has 0 bridgehead atoms. The number of nitrogens with two attached hydrogens (primary N) is 1. The number of hydrogen-bond donors (Lipinski definition) is 2. The number of benzene rings is 2. The van der Waals surface area contributed by atoms with E-state index < -0.39 is 0 Å². The number of primary amides is 1. The fourth-order valence-corrected chi connectivity index (χ4v) is 3.51. The third-order valence-corrected chi connectivity index (χ3v) is 5.20. The molecule has 3 amide bonds. The van der Waals surface area contributed by atoms with Gasteiger partial charge in [-0.2, -0.15) is 0 Å². The Kier molecular flexibility index (Phi) is 4.03. The zero-order valence-corrected chi connectivity index (χ0v) is 14.9. The summed E-state index contributed by atoms with van der Waals surface area (Å²) in [7, 11) is 0. The Morgan fingerprint density at radius 1 is 1.11 bits per heavy atom. The van der Waals surface area contributed by atoms with Crippen LogP contribution < -0.4 is 5.73 Å². The number of nitrogens with zero attached hydrogens (tertiary/aromatic N) is 1. The highest BCUT2D eigenvalue weighted by Crippen LogP contribution is 2.26. The SMILES string of the molecule is CC(C(N)=O)c1ccc2[nH]cc(CCN3C(=O)c4ccccc4C3=O)c2c1. The van der Waals surface area contributed by atoms with E-state index in [9.17, 15) is 14.4 Å². The van der Waals surface area contributed by atoms with Crippen LogP contribution in [0.1, 0.15) is 44.7 Å². The summed E-state index contributed by atoms with van der Waals surface area (Å²) in [5, 5.41) is 0.970. The molecule has 0 spiro atoms. The molecule has 1 aromatic heterocycles. The molecule has 0 fully saturated rings. The normalized spacial score (nSPS) is 14.6. The van der Waals surface area contributed by atoms with Gasteiger partial charge < -0.3 is 10.7 Å². The number of nitrogens with one attached hydrogen (secondary N) is 1. The van der Waals surface area contributed by atoms with Crippen molar-refractivity contribution in [3.63, 3.8) is 0 Å². The number of aromatic amines is 1. The van der Waals surface area contributed by atoms with Crippen LogP contribution in [0.5, 0.6) is 0 Å². The van der Waals surface area contributed by atoms with Crippen molar-refractivity contribution in [1.29, 1.82) is 0 Å². The molecule has 136 valence electrons. The van der Waals surface area contributed by atoms with Crippen molar-refractivity contribution < 1.29 is 14.4 Å². The summed E-state index contributed by atoms with van der Waals surface area (Å²) in [6.07, 6.45) is 2.40. The van der Waals surface area contributed by atoms with E-state index in [4.69, 9.17) is 5.73 Å². The number of H-pyrrole nitrogens is 1. The van der Waals surface area contributed by atoms with Crippen LogP contribution in [0.15, 0.2) is 48.7 Å². The molecule has 0 saturated heterocycles. The van der Waals surface area contributed by atoms with Gasteiger partial charge in [0.25, 0.3) is 11.8 Å². The number of aromatic nitrogens is 1. The number of fused-ring (bicyclic) bond motifs is 2. The predicted molar refractivity (Wildman–Crippen MR) is 101 cm³/mol. The summed E-state index contributed by atoms with van der Waals surface area (Å²) in [4.78, 5) is 40.9. The van der Waals surface area contributed by atoms with E-state index in [-0.39, 0.29) is 23.6 Å². The van der Waals surface area contributed by atoms with E-state index >= 15 is 0 Å². The molecule has 2 aromatic carbocycles. The molecule has 3 N–H and O–H groups in total. The lowest BCUT2D eigenvalue weighted by molar-refractivity contribution is -0.119. The van der Waals surface area contributed by atoms with Crippen molar-refractivity contribution in [2.24, 2.45) is 5.73 Å². The first kappa shape index (κ1) is 17.0. The quantitative estimate of drug-likeness (QED) is 0.684. The van der Waals surface area contributed by atoms with E-state index in [1.54, 1.807) is 31.2 Å². The zero-order valence-electron chi connectivity index (χ0n) is 14.9. The van der Waals surface area contributed by atoms with Gasteiger partial charge in [-0.25, -0.2) is 0 Å². The first-order valence-corrected chi connectivity index (χ1v) is 8.82. The van der Waals surface area contributed by atoms with E-state index in [1.165, 1.54) is 4.90 Å². The number of carbonyl (C=O) groups excluding carboxylic acids is 3. The number of imide groups is 1. The number of hydrogen-bond acceptors (Lipinski definition) is 3. The summed E-state index contributed by atoms with van der Waals surface area (Å²) >= 11 is 0. The van der Waals surface area contributed by atoms with Gasteiger partial charge in [0.15, 0.2) is 0 Å². The summed E-state index contributed by atoms with van der Waals surface area (Å²) in [6, 6.07) is 12.6. The third-order valence-electron chi connectivity index (χ3n) is 5.20. The highest BCUT2D eigenvalue weighted by molar-refractivity contribution is 6.21. The minimum Gasteiger partial charge on any atom is -0.369 e. The van der Waals surface area contributed by atoms with Crippen LogP contribution in [0, 0.1) is 0 Å². The maximum atomic E-state index is 12.5. The van der Waals surface area contributed by atoms with Gasteiger partial charge in [0.2, 0.25) is 5.91 Å². The number of carbonyl (C=O) groups is 3. The van der Waals surface area contributed by atoms with E-state index in [0.29, 0.717) is 24.1 Å². The van der Waals surface area contributed by atoms with Gasteiger partial charge >= 0.3 is 0 Å². The number of amides is 3. The third kappa shape index (κ3) is 2.79. The van der Waals surface area contributed by atoms with Gasteiger partial charge in [-0.15, -0.1) is 0 Å². The second-order valence-electron chi connectivity index (χ2n) is 6.80. The zero-order chi connectivity index (χ0) is 19.1. The van der Waals surface area contributed by atoms with Gasteiger partial charge in [0, 0.05) is 23.6 Å². The molecule has 0 aliphatic carbocycles. The minimum atomic E-state index is -0.381.